The van der Waals surface area contributed by atoms with Crippen LogP contribution in [-0.2, 0) is 6.54 Å². The van der Waals surface area contributed by atoms with Crippen LogP contribution in [0.3, 0.4) is 0 Å². The molecule has 1 saturated heterocycles. The second-order valence-corrected chi connectivity index (χ2v) is 6.62. The number of carboxylic acid groups (broad SMARTS) is 1. The lowest BCUT2D eigenvalue weighted by molar-refractivity contribution is -0.123. The van der Waals surface area contributed by atoms with Crippen molar-refractivity contribution in [1.29, 1.82) is 0 Å². The number of hydrogen-bond acceptors (Lipinski definition) is 3. The molecule has 2 rings (SSSR count). The first-order chi connectivity index (χ1) is 9.64. The van der Waals surface area contributed by atoms with E-state index >= 15 is 0 Å². The Labute approximate surface area is 127 Å². The molecule has 21 heavy (non-hydrogen) atoms. The summed E-state index contributed by atoms with van der Waals surface area (Å²) in [6.45, 7) is 4.20. The number of piperidine rings is 1. The van der Waals surface area contributed by atoms with Gasteiger partial charge in [0.1, 0.15) is 0 Å². The molecule has 0 bridgehead atoms. The van der Waals surface area contributed by atoms with E-state index in [1.54, 1.807) is 12.3 Å². The lowest BCUT2D eigenvalue weighted by Gasteiger charge is -2.49. The highest BCUT2D eigenvalue weighted by molar-refractivity contribution is 6.30. The molecule has 1 aromatic rings. The maximum atomic E-state index is 11.9. The Hall–Kier alpha value is -1.53. The predicted molar refractivity (Wildman–Crippen MR) is 78.7 cm³/mol. The van der Waals surface area contributed by atoms with E-state index in [-0.39, 0.29) is 31.6 Å². The molecule has 2 heterocycles. The molecule has 0 aromatic carbocycles. The highest BCUT2D eigenvalue weighted by Gasteiger charge is 2.48. The zero-order valence-electron chi connectivity index (χ0n) is 12.0. The smallest absolute Gasteiger partial charge is 0.407 e. The Bertz CT molecular complexity index is 613. The summed E-state index contributed by atoms with van der Waals surface area (Å²) >= 11 is 5.76. The second-order valence-electron chi connectivity index (χ2n) is 6.18. The summed E-state index contributed by atoms with van der Waals surface area (Å²) in [6.07, 6.45) is 0.831. The highest BCUT2D eigenvalue weighted by atomic mass is 35.5. The summed E-state index contributed by atoms with van der Waals surface area (Å²) in [4.78, 5) is 24.3. The van der Waals surface area contributed by atoms with E-state index in [0.29, 0.717) is 5.02 Å². The Morgan fingerprint density at radius 1 is 1.48 bits per heavy atom. The number of pyridine rings is 1. The Morgan fingerprint density at radius 3 is 2.67 bits per heavy atom. The first-order valence-electron chi connectivity index (χ1n) is 6.71. The number of aliphatic hydroxyl groups is 1. The topological polar surface area (TPSA) is 82.8 Å². The fourth-order valence-corrected chi connectivity index (χ4v) is 2.86. The lowest BCUT2D eigenvalue weighted by Crippen LogP contribution is -2.60. The van der Waals surface area contributed by atoms with Crippen LogP contribution in [0.5, 0.6) is 0 Å². The number of carbonyl (C=O) groups is 1. The quantitative estimate of drug-likeness (QED) is 0.869. The van der Waals surface area contributed by atoms with Crippen molar-refractivity contribution >= 4 is 17.7 Å². The fraction of sp³-hybridized carbons (Fsp3) is 0.571. The molecule has 0 aliphatic carbocycles. The summed E-state index contributed by atoms with van der Waals surface area (Å²) in [5.41, 5.74) is -2.10. The molecule has 1 amide bonds. The summed E-state index contributed by atoms with van der Waals surface area (Å²) in [7, 11) is 0. The molecule has 6 nitrogen and oxygen atoms in total. The minimum Gasteiger partial charge on any atom is -0.465 e. The average molecular weight is 315 g/mol. The van der Waals surface area contributed by atoms with E-state index in [0.717, 1.165) is 0 Å². The number of nitrogens with zero attached hydrogens (tertiary/aromatic N) is 2. The molecular formula is C14H19ClN2O4. The minimum absolute atomic E-state index is 0.115. The molecule has 1 fully saturated rings. The monoisotopic (exact) mass is 314 g/mol. The zero-order valence-corrected chi connectivity index (χ0v) is 12.8. The van der Waals surface area contributed by atoms with Crippen LogP contribution < -0.4 is 5.56 Å². The summed E-state index contributed by atoms with van der Waals surface area (Å²) < 4.78 is 1.41. The van der Waals surface area contributed by atoms with Gasteiger partial charge in [-0.2, -0.15) is 0 Å². The summed E-state index contributed by atoms with van der Waals surface area (Å²) in [5.74, 6) is 0. The highest BCUT2D eigenvalue weighted by Crippen LogP contribution is 2.39. The minimum atomic E-state index is -1.16. The van der Waals surface area contributed by atoms with Crippen molar-refractivity contribution in [1.82, 2.24) is 9.47 Å². The number of halogens is 1. The van der Waals surface area contributed by atoms with E-state index in [2.05, 4.69) is 0 Å². The molecule has 1 unspecified atom stereocenters. The van der Waals surface area contributed by atoms with Crippen molar-refractivity contribution in [2.75, 3.05) is 13.1 Å². The normalized spacial score (nSPS) is 24.9. The molecule has 2 N–H and O–H groups in total. The average Bonchev–Trinajstić information content (AvgIpc) is 2.36. The van der Waals surface area contributed by atoms with E-state index < -0.39 is 17.1 Å². The number of rotatable bonds is 2. The van der Waals surface area contributed by atoms with Gasteiger partial charge in [0, 0.05) is 35.8 Å². The van der Waals surface area contributed by atoms with Crippen LogP contribution in [0.4, 0.5) is 4.79 Å². The Balaban J connectivity index is 2.26. The van der Waals surface area contributed by atoms with Crippen molar-refractivity contribution in [3.8, 4) is 0 Å². The van der Waals surface area contributed by atoms with Crippen molar-refractivity contribution in [3.05, 3.63) is 33.7 Å². The number of amides is 1. The van der Waals surface area contributed by atoms with Crippen molar-refractivity contribution in [2.45, 2.75) is 32.4 Å². The third-order valence-corrected chi connectivity index (χ3v) is 4.54. The maximum absolute atomic E-state index is 11.9. The van der Waals surface area contributed by atoms with E-state index in [1.807, 2.05) is 13.8 Å². The fourth-order valence-electron chi connectivity index (χ4n) is 2.71. The summed E-state index contributed by atoms with van der Waals surface area (Å²) in [6, 6.07) is 2.88. The predicted octanol–water partition coefficient (Wildman–Crippen LogP) is 1.64. The van der Waals surface area contributed by atoms with Gasteiger partial charge < -0.3 is 19.7 Å². The molecule has 0 radical (unpaired) electrons. The van der Waals surface area contributed by atoms with Gasteiger partial charge in [0.05, 0.1) is 12.1 Å². The van der Waals surface area contributed by atoms with E-state index in [1.165, 1.54) is 15.5 Å². The van der Waals surface area contributed by atoms with Crippen LogP contribution in [-0.4, -0.2) is 44.5 Å². The van der Waals surface area contributed by atoms with Gasteiger partial charge in [-0.05, 0) is 12.5 Å². The maximum Gasteiger partial charge on any atom is 0.407 e. The van der Waals surface area contributed by atoms with Gasteiger partial charge in [0.25, 0.3) is 5.56 Å². The molecule has 1 aliphatic heterocycles. The van der Waals surface area contributed by atoms with Gasteiger partial charge in [-0.25, -0.2) is 4.79 Å². The van der Waals surface area contributed by atoms with Crippen LogP contribution in [0.2, 0.25) is 5.02 Å². The third-order valence-electron chi connectivity index (χ3n) is 4.30. The van der Waals surface area contributed by atoms with Crippen molar-refractivity contribution in [3.63, 3.8) is 0 Å². The SMILES string of the molecule is CC1(C)CN(C(=O)O)CCC1(O)Cn1ccc(Cl)cc1=O. The number of likely N-dealkylation sites (tertiary alicyclic amines) is 1. The summed E-state index contributed by atoms with van der Waals surface area (Å²) in [5, 5.41) is 20.4. The third kappa shape index (κ3) is 3.06. The first kappa shape index (κ1) is 15.9. The number of hydrogen-bond donors (Lipinski definition) is 2. The lowest BCUT2D eigenvalue weighted by atomic mass is 9.70. The van der Waals surface area contributed by atoms with Crippen LogP contribution >= 0.6 is 11.6 Å². The van der Waals surface area contributed by atoms with Crippen LogP contribution in [0.25, 0.3) is 0 Å². The van der Waals surface area contributed by atoms with E-state index in [9.17, 15) is 14.7 Å². The standard InChI is InChI=1S/C14H19ClN2O4/c1-13(2)8-17(12(19)20)6-4-14(13,21)9-16-5-3-10(15)7-11(16)18/h3,5,7,21H,4,6,8-9H2,1-2H3,(H,19,20). The van der Waals surface area contributed by atoms with Crippen molar-refractivity contribution in [2.24, 2.45) is 5.41 Å². The molecular weight excluding hydrogens is 296 g/mol. The largest absolute Gasteiger partial charge is 0.465 e. The first-order valence-corrected chi connectivity index (χ1v) is 7.09. The number of aromatic nitrogens is 1. The molecule has 1 atom stereocenters. The van der Waals surface area contributed by atoms with Crippen LogP contribution in [0.15, 0.2) is 23.1 Å². The molecule has 1 aromatic heterocycles. The van der Waals surface area contributed by atoms with Gasteiger partial charge in [-0.3, -0.25) is 4.79 Å². The second kappa shape index (κ2) is 5.35. The molecule has 0 saturated carbocycles. The molecule has 7 heteroatoms. The van der Waals surface area contributed by atoms with Crippen LogP contribution in [0, 0.1) is 5.41 Å². The van der Waals surface area contributed by atoms with E-state index in [4.69, 9.17) is 16.7 Å². The molecule has 1 aliphatic rings. The van der Waals surface area contributed by atoms with Gasteiger partial charge in [0.15, 0.2) is 0 Å². The zero-order chi connectivity index (χ0) is 15.8. The van der Waals surface area contributed by atoms with Gasteiger partial charge >= 0.3 is 6.09 Å². The van der Waals surface area contributed by atoms with Crippen LogP contribution in [0.1, 0.15) is 20.3 Å². The molecule has 116 valence electrons. The molecule has 0 spiro atoms. The van der Waals surface area contributed by atoms with Gasteiger partial charge in [0.2, 0.25) is 0 Å². The Kier molecular flexibility index (Phi) is 4.04. The van der Waals surface area contributed by atoms with Gasteiger partial charge in [-0.1, -0.05) is 25.4 Å². The van der Waals surface area contributed by atoms with Gasteiger partial charge in [-0.15, -0.1) is 0 Å². The van der Waals surface area contributed by atoms with Crippen molar-refractivity contribution < 1.29 is 15.0 Å². The Morgan fingerprint density at radius 2 is 2.14 bits per heavy atom.